The smallest absolute Gasteiger partial charge is 0.293 e. The molecule has 1 rings (SSSR count). The maximum absolute atomic E-state index is 11.1. The fourth-order valence-corrected chi connectivity index (χ4v) is 1.79. The van der Waals surface area contributed by atoms with E-state index < -0.39 is 10.8 Å². The molecule has 0 heterocycles. The van der Waals surface area contributed by atoms with E-state index in [-0.39, 0.29) is 16.7 Å². The quantitative estimate of drug-likeness (QED) is 0.564. The molecule has 1 aromatic carbocycles. The number of ether oxygens (including phenoxy) is 1. The van der Waals surface area contributed by atoms with E-state index in [4.69, 9.17) is 10.5 Å². The normalized spacial score (nSPS) is 11.2. The predicted molar refractivity (Wildman–Crippen MR) is 80.4 cm³/mol. The summed E-state index contributed by atoms with van der Waals surface area (Å²) >= 11 is 0. The summed E-state index contributed by atoms with van der Waals surface area (Å²) in [5, 5.41) is 14.1. The van der Waals surface area contributed by atoms with Crippen molar-refractivity contribution in [2.75, 3.05) is 25.6 Å². The van der Waals surface area contributed by atoms with Gasteiger partial charge in [0.15, 0.2) is 0 Å². The molecule has 7 heteroatoms. The van der Waals surface area contributed by atoms with Crippen LogP contribution in [-0.4, -0.2) is 31.1 Å². The summed E-state index contributed by atoms with van der Waals surface area (Å²) < 4.78 is 5.05. The Morgan fingerprint density at radius 3 is 2.67 bits per heavy atom. The summed E-state index contributed by atoms with van der Waals surface area (Å²) in [7, 11) is 1.64. The van der Waals surface area contributed by atoms with Crippen LogP contribution >= 0.6 is 0 Å². The Balaban J connectivity index is 2.88. The van der Waals surface area contributed by atoms with E-state index in [1.807, 2.05) is 13.8 Å². The third-order valence-electron chi connectivity index (χ3n) is 3.22. The van der Waals surface area contributed by atoms with E-state index >= 15 is 0 Å². The highest BCUT2D eigenvalue weighted by Crippen LogP contribution is 2.28. The molecule has 0 aromatic heterocycles. The molecule has 3 N–H and O–H groups in total. The Hall–Kier alpha value is -2.15. The minimum atomic E-state index is -0.690. The van der Waals surface area contributed by atoms with Gasteiger partial charge in [0.25, 0.3) is 5.69 Å². The van der Waals surface area contributed by atoms with Gasteiger partial charge in [0.05, 0.1) is 4.92 Å². The van der Waals surface area contributed by atoms with Crippen LogP contribution in [-0.2, 0) is 4.74 Å². The van der Waals surface area contributed by atoms with Gasteiger partial charge in [-0.1, -0.05) is 13.8 Å². The van der Waals surface area contributed by atoms with E-state index in [0.717, 1.165) is 6.42 Å². The Morgan fingerprint density at radius 2 is 2.14 bits per heavy atom. The highest BCUT2D eigenvalue weighted by molar-refractivity contribution is 5.94. The van der Waals surface area contributed by atoms with Crippen LogP contribution in [0.1, 0.15) is 30.6 Å². The lowest BCUT2D eigenvalue weighted by Crippen LogP contribution is -2.25. The molecule has 116 valence electrons. The van der Waals surface area contributed by atoms with Crippen LogP contribution in [0.25, 0.3) is 0 Å². The van der Waals surface area contributed by atoms with Gasteiger partial charge < -0.3 is 15.8 Å². The van der Waals surface area contributed by atoms with Gasteiger partial charge >= 0.3 is 0 Å². The average Bonchev–Trinajstić information content (AvgIpc) is 2.42. The number of hydrogen-bond donors (Lipinski definition) is 2. The lowest BCUT2D eigenvalue weighted by Gasteiger charge is -2.25. The van der Waals surface area contributed by atoms with Crippen LogP contribution in [0.3, 0.4) is 0 Å². The second kappa shape index (κ2) is 7.03. The van der Waals surface area contributed by atoms with E-state index in [1.54, 1.807) is 7.11 Å². The zero-order chi connectivity index (χ0) is 16.0. The molecule has 1 aromatic rings. The van der Waals surface area contributed by atoms with Crippen molar-refractivity contribution in [2.24, 2.45) is 11.1 Å². The minimum absolute atomic E-state index is 0.0771. The maximum atomic E-state index is 11.1. The first kappa shape index (κ1) is 16.9. The van der Waals surface area contributed by atoms with Crippen LogP contribution in [0.15, 0.2) is 18.2 Å². The van der Waals surface area contributed by atoms with Gasteiger partial charge in [0.1, 0.15) is 5.69 Å². The highest BCUT2D eigenvalue weighted by Gasteiger charge is 2.21. The summed E-state index contributed by atoms with van der Waals surface area (Å²) in [4.78, 5) is 21.6. The van der Waals surface area contributed by atoms with Crippen LogP contribution in [0.2, 0.25) is 0 Å². The van der Waals surface area contributed by atoms with Gasteiger partial charge in [0.2, 0.25) is 5.91 Å². The molecule has 0 bridgehead atoms. The topological polar surface area (TPSA) is 107 Å². The number of nitrogens with zero attached hydrogens (tertiary/aromatic N) is 1. The Bertz CT molecular complexity index is 529. The SMILES string of the molecule is COCCC(C)(C)CNc1ccc(C(N)=O)cc1[N+](=O)[O-]. The third kappa shape index (κ3) is 5.03. The van der Waals surface area contributed by atoms with Crippen LogP contribution in [0.5, 0.6) is 0 Å². The molecule has 0 aliphatic carbocycles. The van der Waals surface area contributed by atoms with E-state index in [2.05, 4.69) is 5.32 Å². The molecule has 0 atom stereocenters. The first-order valence-electron chi connectivity index (χ1n) is 6.58. The number of nitrogens with one attached hydrogen (secondary N) is 1. The number of primary amides is 1. The van der Waals surface area contributed by atoms with Crippen molar-refractivity contribution < 1.29 is 14.5 Å². The third-order valence-corrected chi connectivity index (χ3v) is 3.22. The summed E-state index contributed by atoms with van der Waals surface area (Å²) in [6.45, 7) is 5.26. The Labute approximate surface area is 123 Å². The molecule has 0 unspecified atom stereocenters. The largest absolute Gasteiger partial charge is 0.385 e. The van der Waals surface area contributed by atoms with Crippen LogP contribution in [0, 0.1) is 15.5 Å². The second-order valence-corrected chi connectivity index (χ2v) is 5.61. The van der Waals surface area contributed by atoms with E-state index in [1.165, 1.54) is 18.2 Å². The number of hydrogen-bond acceptors (Lipinski definition) is 5. The lowest BCUT2D eigenvalue weighted by molar-refractivity contribution is -0.384. The number of nitrogens with two attached hydrogens (primary N) is 1. The molecular formula is C14H21N3O4. The molecule has 0 spiro atoms. The van der Waals surface area contributed by atoms with Crippen molar-refractivity contribution >= 4 is 17.3 Å². The first-order valence-corrected chi connectivity index (χ1v) is 6.58. The number of amides is 1. The summed E-state index contributed by atoms with van der Waals surface area (Å²) in [5.74, 6) is -0.690. The van der Waals surface area contributed by atoms with Crippen molar-refractivity contribution in [3.63, 3.8) is 0 Å². The Morgan fingerprint density at radius 1 is 1.48 bits per heavy atom. The number of methoxy groups -OCH3 is 1. The second-order valence-electron chi connectivity index (χ2n) is 5.61. The molecule has 0 aliphatic rings. The fourth-order valence-electron chi connectivity index (χ4n) is 1.79. The number of carbonyl (C=O) groups is 1. The number of nitro groups is 1. The zero-order valence-corrected chi connectivity index (χ0v) is 12.5. The van der Waals surface area contributed by atoms with Gasteiger partial charge in [0, 0.05) is 31.9 Å². The molecule has 0 radical (unpaired) electrons. The standard InChI is InChI=1S/C14H21N3O4/c1-14(2,6-7-21-3)9-16-11-5-4-10(13(15)18)8-12(11)17(19)20/h4-5,8,16H,6-7,9H2,1-3H3,(H2,15,18). The zero-order valence-electron chi connectivity index (χ0n) is 12.5. The molecule has 0 saturated carbocycles. The van der Waals surface area contributed by atoms with Gasteiger partial charge in [-0.25, -0.2) is 0 Å². The first-order chi connectivity index (χ1) is 9.76. The number of anilines is 1. The molecule has 21 heavy (non-hydrogen) atoms. The summed E-state index contributed by atoms with van der Waals surface area (Å²) in [6, 6.07) is 4.16. The van der Waals surface area contributed by atoms with Crippen molar-refractivity contribution in [2.45, 2.75) is 20.3 Å². The Kier molecular flexibility index (Phi) is 5.66. The van der Waals surface area contributed by atoms with Crippen molar-refractivity contribution in [3.05, 3.63) is 33.9 Å². The molecule has 0 aliphatic heterocycles. The minimum Gasteiger partial charge on any atom is -0.385 e. The molecular weight excluding hydrogens is 274 g/mol. The van der Waals surface area contributed by atoms with Crippen molar-refractivity contribution in [1.29, 1.82) is 0 Å². The number of rotatable bonds is 8. The molecule has 0 saturated heterocycles. The molecule has 0 fully saturated rings. The molecule has 7 nitrogen and oxygen atoms in total. The van der Waals surface area contributed by atoms with E-state index in [0.29, 0.717) is 18.8 Å². The number of benzene rings is 1. The predicted octanol–water partition coefficient (Wildman–Crippen LogP) is 2.17. The highest BCUT2D eigenvalue weighted by atomic mass is 16.6. The maximum Gasteiger partial charge on any atom is 0.293 e. The summed E-state index contributed by atoms with van der Waals surface area (Å²) in [6.07, 6.45) is 0.823. The van der Waals surface area contributed by atoms with Gasteiger partial charge in [-0.05, 0) is 24.0 Å². The monoisotopic (exact) mass is 295 g/mol. The van der Waals surface area contributed by atoms with Crippen LogP contribution in [0.4, 0.5) is 11.4 Å². The van der Waals surface area contributed by atoms with Crippen molar-refractivity contribution in [3.8, 4) is 0 Å². The number of carbonyl (C=O) groups excluding carboxylic acids is 1. The average molecular weight is 295 g/mol. The lowest BCUT2D eigenvalue weighted by atomic mass is 9.89. The molecule has 1 amide bonds. The van der Waals surface area contributed by atoms with Gasteiger partial charge in [-0.15, -0.1) is 0 Å². The van der Waals surface area contributed by atoms with E-state index in [9.17, 15) is 14.9 Å². The summed E-state index contributed by atoms with van der Waals surface area (Å²) in [5.41, 5.74) is 5.39. The van der Waals surface area contributed by atoms with Crippen LogP contribution < -0.4 is 11.1 Å². The van der Waals surface area contributed by atoms with Gasteiger partial charge in [-0.3, -0.25) is 14.9 Å². The van der Waals surface area contributed by atoms with Crippen molar-refractivity contribution in [1.82, 2.24) is 0 Å². The fraction of sp³-hybridized carbons (Fsp3) is 0.500. The number of nitro benzene ring substituents is 1. The van der Waals surface area contributed by atoms with Gasteiger partial charge in [-0.2, -0.15) is 0 Å².